The fourth-order valence-corrected chi connectivity index (χ4v) is 12.6. The Bertz CT molecular complexity index is 1200. The number of hydrogen-bond donors (Lipinski definition) is 0. The Kier molecular flexibility index (Phi) is 6.69. The number of ether oxygens (including phenoxy) is 2. The molecule has 168 valence electrons. The Balaban J connectivity index is 2.12. The van der Waals surface area contributed by atoms with Crippen LogP contribution in [-0.2, 0) is 10.9 Å². The molecular weight excluding hydrogens is 495 g/mol. The van der Waals surface area contributed by atoms with Gasteiger partial charge in [-0.3, -0.25) is 0 Å². The van der Waals surface area contributed by atoms with Gasteiger partial charge in [-0.25, -0.2) is 0 Å². The van der Waals surface area contributed by atoms with Crippen LogP contribution in [-0.4, -0.2) is 20.2 Å². The number of carbonyl (C=O) groups excluding carboxylic acids is 1. The summed E-state index contributed by atoms with van der Waals surface area (Å²) in [6.07, 6.45) is 0.678. The van der Waals surface area contributed by atoms with Crippen molar-refractivity contribution in [2.24, 2.45) is 0 Å². The molecule has 0 unspecified atom stereocenters. The molecule has 0 aliphatic rings. The molecule has 0 bridgehead atoms. The number of carbonyl (C=O) groups is 1. The van der Waals surface area contributed by atoms with E-state index in [1.54, 1.807) is 7.11 Å². The minimum absolute atomic E-state index is 0.347. The average molecular weight is 521 g/mol. The van der Waals surface area contributed by atoms with Gasteiger partial charge in [0.25, 0.3) is 0 Å². The molecule has 0 atom stereocenters. The first-order valence-corrected chi connectivity index (χ1v) is 15.1. The van der Waals surface area contributed by atoms with E-state index in [0.29, 0.717) is 11.7 Å². The second-order valence-electron chi connectivity index (χ2n) is 7.87. The average Bonchev–Trinajstić information content (AvgIpc) is 2.89. The Labute approximate surface area is 203 Å². The first kappa shape index (κ1) is 23.2. The van der Waals surface area contributed by atoms with Gasteiger partial charge in [-0.1, -0.05) is 0 Å². The van der Waals surface area contributed by atoms with E-state index < -0.39 is 5.31 Å². The summed E-state index contributed by atoms with van der Waals surface area (Å²) in [6.45, 7) is 0. The van der Waals surface area contributed by atoms with Crippen molar-refractivity contribution < 1.29 is 14.3 Å². The van der Waals surface area contributed by atoms with Crippen LogP contribution in [0.15, 0.2) is 109 Å². The molecule has 0 aliphatic carbocycles. The quantitative estimate of drug-likeness (QED) is 0.227. The fraction of sp³-hybridized carbons (Fsp3) is 0.107. The van der Waals surface area contributed by atoms with E-state index in [0.717, 1.165) is 27.2 Å². The first-order chi connectivity index (χ1) is 16.0. The molecule has 0 saturated heterocycles. The van der Waals surface area contributed by atoms with Crippen LogP contribution in [0.2, 0.25) is 0 Å². The van der Waals surface area contributed by atoms with E-state index >= 15 is 0 Å². The molecule has 0 aromatic heterocycles. The van der Waals surface area contributed by atoms with Gasteiger partial charge >= 0.3 is 203 Å². The molecule has 4 aromatic rings. The zero-order valence-corrected chi connectivity index (χ0v) is 21.1. The number of hydrogen-bond acceptors (Lipinski definition) is 3. The summed E-state index contributed by atoms with van der Waals surface area (Å²) < 4.78 is 10.6. The van der Waals surface area contributed by atoms with Crippen LogP contribution in [0.3, 0.4) is 0 Å². The van der Waals surface area contributed by atoms with E-state index in [4.69, 9.17) is 9.47 Å². The van der Waals surface area contributed by atoms with Crippen molar-refractivity contribution in [3.8, 4) is 5.75 Å². The zero-order valence-electron chi connectivity index (χ0n) is 18.6. The molecule has 3 nitrogen and oxygen atoms in total. The van der Waals surface area contributed by atoms with Crippen LogP contribution in [0.4, 0.5) is 0 Å². The van der Waals surface area contributed by atoms with Gasteiger partial charge < -0.3 is 0 Å². The standard InChI is InChI=1S/C28H26BrO3P/c1-31-23-19-17-22(18-20-23)21-33(29,24-11-5-3-6-12-24,25-13-7-4-8-14-25)27-16-10-9-15-26(27)28(30)32-2/h3-20H,21H2,1-2H3. The van der Waals surface area contributed by atoms with E-state index in [2.05, 4.69) is 82.2 Å². The molecule has 0 aliphatic heterocycles. The van der Waals surface area contributed by atoms with Gasteiger partial charge in [-0.15, -0.1) is 0 Å². The second-order valence-corrected chi connectivity index (χ2v) is 16.8. The zero-order chi connectivity index (χ0) is 23.3. The van der Waals surface area contributed by atoms with Crippen LogP contribution in [0.5, 0.6) is 5.75 Å². The Morgan fingerprint density at radius 2 is 1.24 bits per heavy atom. The molecule has 5 heteroatoms. The third kappa shape index (κ3) is 4.10. The summed E-state index contributed by atoms with van der Waals surface area (Å²) in [6, 6.07) is 36.8. The van der Waals surface area contributed by atoms with Crippen LogP contribution < -0.4 is 20.7 Å². The molecular formula is C28H26BrO3P. The molecule has 0 fully saturated rings. The first-order valence-electron chi connectivity index (χ1n) is 10.7. The summed E-state index contributed by atoms with van der Waals surface area (Å²) >= 11 is 4.43. The number of methoxy groups -OCH3 is 2. The molecule has 0 saturated carbocycles. The number of esters is 1. The number of halogens is 1. The Morgan fingerprint density at radius 3 is 1.76 bits per heavy atom. The predicted octanol–water partition coefficient (Wildman–Crippen LogP) is 5.82. The van der Waals surface area contributed by atoms with Gasteiger partial charge in [0.15, 0.2) is 0 Å². The minimum atomic E-state index is -3.37. The van der Waals surface area contributed by atoms with E-state index in [9.17, 15) is 4.79 Å². The maximum absolute atomic E-state index is 13.0. The van der Waals surface area contributed by atoms with Crippen molar-refractivity contribution in [3.05, 3.63) is 120 Å². The van der Waals surface area contributed by atoms with Gasteiger partial charge in [0, 0.05) is 0 Å². The van der Waals surface area contributed by atoms with Crippen molar-refractivity contribution in [1.82, 2.24) is 0 Å². The third-order valence-electron chi connectivity index (χ3n) is 6.04. The Morgan fingerprint density at radius 1 is 0.727 bits per heavy atom. The van der Waals surface area contributed by atoms with Crippen molar-refractivity contribution in [2.75, 3.05) is 14.2 Å². The molecule has 33 heavy (non-hydrogen) atoms. The van der Waals surface area contributed by atoms with Gasteiger partial charge in [0.05, 0.1) is 0 Å². The van der Waals surface area contributed by atoms with E-state index in [1.165, 1.54) is 7.11 Å². The third-order valence-corrected chi connectivity index (χ3v) is 15.5. The van der Waals surface area contributed by atoms with Gasteiger partial charge in [-0.2, -0.15) is 0 Å². The fourth-order valence-electron chi connectivity index (χ4n) is 4.41. The van der Waals surface area contributed by atoms with E-state index in [-0.39, 0.29) is 5.97 Å². The van der Waals surface area contributed by atoms with Gasteiger partial charge in [0.1, 0.15) is 0 Å². The number of benzene rings is 4. The SMILES string of the molecule is COC(=O)c1ccccc1P(Br)(Cc1ccc(OC)cc1)(c1ccccc1)c1ccccc1. The summed E-state index contributed by atoms with van der Waals surface area (Å²) in [5, 5.41) is -0.140. The number of rotatable bonds is 7. The topological polar surface area (TPSA) is 35.5 Å². The Hall–Kier alpha value is -2.94. The van der Waals surface area contributed by atoms with Crippen molar-refractivity contribution in [1.29, 1.82) is 0 Å². The molecule has 4 aromatic carbocycles. The van der Waals surface area contributed by atoms with Gasteiger partial charge in [-0.05, 0) is 0 Å². The van der Waals surface area contributed by atoms with Crippen LogP contribution in [0.25, 0.3) is 0 Å². The summed E-state index contributed by atoms with van der Waals surface area (Å²) in [5.41, 5.74) is 1.70. The van der Waals surface area contributed by atoms with E-state index in [1.807, 2.05) is 42.5 Å². The molecule has 0 spiro atoms. The summed E-state index contributed by atoms with van der Waals surface area (Å²) in [4.78, 5) is 13.0. The molecule has 0 N–H and O–H groups in total. The monoisotopic (exact) mass is 520 g/mol. The van der Waals surface area contributed by atoms with Crippen molar-refractivity contribution >= 4 is 42.7 Å². The molecule has 4 rings (SSSR count). The maximum atomic E-state index is 13.0. The summed E-state index contributed by atoms with van der Waals surface area (Å²) in [5.74, 6) is 0.462. The molecule has 0 amide bonds. The van der Waals surface area contributed by atoms with Crippen LogP contribution >= 0.6 is 20.8 Å². The molecule has 0 radical (unpaired) electrons. The van der Waals surface area contributed by atoms with Gasteiger partial charge in [0.2, 0.25) is 0 Å². The second kappa shape index (κ2) is 9.51. The predicted molar refractivity (Wildman–Crippen MR) is 142 cm³/mol. The van der Waals surface area contributed by atoms with Crippen molar-refractivity contribution in [2.45, 2.75) is 6.16 Å². The molecule has 0 heterocycles. The van der Waals surface area contributed by atoms with Crippen LogP contribution in [0, 0.1) is 0 Å². The van der Waals surface area contributed by atoms with Crippen LogP contribution in [0.1, 0.15) is 15.9 Å². The normalized spacial score (nSPS) is 12.4. The van der Waals surface area contributed by atoms with Crippen molar-refractivity contribution in [3.63, 3.8) is 0 Å². The summed E-state index contributed by atoms with van der Waals surface area (Å²) in [7, 11) is 3.09.